The lowest BCUT2D eigenvalue weighted by molar-refractivity contribution is 0.0963. The van der Waals surface area contributed by atoms with Crippen LogP contribution < -0.4 is 16.0 Å². The van der Waals surface area contributed by atoms with E-state index in [0.717, 1.165) is 16.5 Å². The Morgan fingerprint density at radius 3 is 2.81 bits per heavy atom. The summed E-state index contributed by atoms with van der Waals surface area (Å²) in [7, 11) is 1.56. The van der Waals surface area contributed by atoms with Gasteiger partial charge in [0.2, 0.25) is 5.82 Å². The molecule has 4 N–H and O–H groups in total. The van der Waals surface area contributed by atoms with Gasteiger partial charge in [-0.1, -0.05) is 12.1 Å². The number of carbonyl (C=O) groups excluding carboxylic acids is 1. The fourth-order valence-electron chi connectivity index (χ4n) is 2.98. The number of hydrogen-bond acceptors (Lipinski definition) is 9. The molecule has 0 aliphatic rings. The normalized spacial score (nSPS) is 10.5. The van der Waals surface area contributed by atoms with Crippen LogP contribution in [-0.2, 0) is 6.54 Å². The van der Waals surface area contributed by atoms with Gasteiger partial charge in [-0.15, -0.1) is 5.11 Å². The first-order valence-electron chi connectivity index (χ1n) is 9.43. The summed E-state index contributed by atoms with van der Waals surface area (Å²) in [5, 5.41) is 13.2. The number of carbonyl (C=O) groups is 1. The van der Waals surface area contributed by atoms with Gasteiger partial charge in [0, 0.05) is 36.9 Å². The third-order valence-electron chi connectivity index (χ3n) is 4.49. The average Bonchev–Trinajstić information content (AvgIpc) is 2.82. The summed E-state index contributed by atoms with van der Waals surface area (Å²) in [6, 6.07) is 13.1. The zero-order valence-electron chi connectivity index (χ0n) is 16.6. The van der Waals surface area contributed by atoms with E-state index in [0.29, 0.717) is 29.6 Å². The number of fused-ring (bicyclic) bond motifs is 1. The summed E-state index contributed by atoms with van der Waals surface area (Å²) in [4.78, 5) is 29.0. The van der Waals surface area contributed by atoms with Crippen molar-refractivity contribution in [3.63, 3.8) is 0 Å². The monoisotopic (exact) mass is 413 g/mol. The van der Waals surface area contributed by atoms with Crippen LogP contribution >= 0.6 is 0 Å². The van der Waals surface area contributed by atoms with Crippen LogP contribution in [-0.4, -0.2) is 32.9 Å². The Balaban J connectivity index is 1.53. The number of pyridine rings is 2. The highest BCUT2D eigenvalue weighted by molar-refractivity contribution is 5.94. The van der Waals surface area contributed by atoms with E-state index in [4.69, 9.17) is 5.53 Å². The molecule has 154 valence electrons. The minimum Gasteiger partial charge on any atom is -0.363 e. The number of nitrogens with one attached hydrogen (secondary N) is 4. The molecular formula is C21H19N9O. The Kier molecular flexibility index (Phi) is 5.70. The predicted octanol–water partition coefficient (Wildman–Crippen LogP) is 3.80. The first kappa shape index (κ1) is 19.8. The molecule has 0 radical (unpaired) electrons. The summed E-state index contributed by atoms with van der Waals surface area (Å²) in [6.07, 6.45) is 4.74. The summed E-state index contributed by atoms with van der Waals surface area (Å²) < 4.78 is 0. The van der Waals surface area contributed by atoms with Crippen LogP contribution in [0, 0.1) is 5.53 Å². The molecule has 3 aromatic heterocycles. The van der Waals surface area contributed by atoms with Gasteiger partial charge < -0.3 is 16.0 Å². The lowest BCUT2D eigenvalue weighted by Crippen LogP contribution is -2.17. The molecule has 1 amide bonds. The number of rotatable bonds is 7. The van der Waals surface area contributed by atoms with E-state index in [1.165, 1.54) is 12.4 Å². The molecule has 10 nitrogen and oxygen atoms in total. The average molecular weight is 413 g/mol. The lowest BCUT2D eigenvalue weighted by atomic mass is 10.1. The van der Waals surface area contributed by atoms with Crippen molar-refractivity contribution in [2.45, 2.75) is 6.54 Å². The molecule has 31 heavy (non-hydrogen) atoms. The standard InChI is InChI=1S/C21H19N9O/c1-23-21(31)15-6-8-25-17(10-15)28-18-12-27-20(30-22)19(29-18)26-11-13-4-5-16-14(9-13)3-2-7-24-16/h2-10,12,22H,11H2,1H3,(H,23,31)(H2,25,26,28,29). The molecule has 0 fully saturated rings. The van der Waals surface area contributed by atoms with Crippen LogP contribution in [0.3, 0.4) is 0 Å². The van der Waals surface area contributed by atoms with Crippen molar-refractivity contribution < 1.29 is 4.79 Å². The second-order valence-corrected chi connectivity index (χ2v) is 6.56. The number of amides is 1. The highest BCUT2D eigenvalue weighted by Gasteiger charge is 2.10. The highest BCUT2D eigenvalue weighted by Crippen LogP contribution is 2.24. The molecule has 4 rings (SSSR count). The topological polar surface area (TPSA) is 141 Å². The molecule has 3 heterocycles. The van der Waals surface area contributed by atoms with Crippen molar-refractivity contribution in [2.24, 2.45) is 5.11 Å². The van der Waals surface area contributed by atoms with Crippen molar-refractivity contribution in [3.8, 4) is 0 Å². The Hall–Kier alpha value is -4.47. The number of aromatic nitrogens is 4. The molecule has 0 spiro atoms. The molecular weight excluding hydrogens is 394 g/mol. The van der Waals surface area contributed by atoms with E-state index in [2.05, 4.69) is 41.0 Å². The molecule has 0 saturated carbocycles. The van der Waals surface area contributed by atoms with E-state index in [1.807, 2.05) is 30.3 Å². The second kappa shape index (κ2) is 8.91. The Bertz CT molecular complexity index is 1260. The summed E-state index contributed by atoms with van der Waals surface area (Å²) in [5.74, 6) is 1.15. The van der Waals surface area contributed by atoms with Crippen molar-refractivity contribution in [3.05, 3.63) is 72.2 Å². The first-order valence-corrected chi connectivity index (χ1v) is 9.43. The Morgan fingerprint density at radius 1 is 1.06 bits per heavy atom. The van der Waals surface area contributed by atoms with Crippen LogP contribution in [0.1, 0.15) is 15.9 Å². The number of anilines is 3. The molecule has 0 aliphatic heterocycles. The van der Waals surface area contributed by atoms with Gasteiger partial charge in [0.25, 0.3) is 5.91 Å². The van der Waals surface area contributed by atoms with Gasteiger partial charge in [0.05, 0.1) is 11.7 Å². The third kappa shape index (κ3) is 4.58. The number of hydrogen-bond donors (Lipinski definition) is 4. The number of benzene rings is 1. The molecule has 10 heteroatoms. The van der Waals surface area contributed by atoms with Gasteiger partial charge in [-0.3, -0.25) is 9.78 Å². The van der Waals surface area contributed by atoms with E-state index in [1.54, 1.807) is 25.4 Å². The van der Waals surface area contributed by atoms with Crippen molar-refractivity contribution in [1.82, 2.24) is 25.3 Å². The quantitative estimate of drug-likeness (QED) is 0.338. The van der Waals surface area contributed by atoms with Crippen molar-refractivity contribution >= 4 is 40.1 Å². The van der Waals surface area contributed by atoms with Crippen molar-refractivity contribution in [1.29, 1.82) is 5.53 Å². The van der Waals surface area contributed by atoms with E-state index in [9.17, 15) is 4.79 Å². The van der Waals surface area contributed by atoms with E-state index < -0.39 is 0 Å². The third-order valence-corrected chi connectivity index (χ3v) is 4.49. The smallest absolute Gasteiger partial charge is 0.251 e. The predicted molar refractivity (Wildman–Crippen MR) is 117 cm³/mol. The van der Waals surface area contributed by atoms with E-state index >= 15 is 0 Å². The maximum absolute atomic E-state index is 11.8. The van der Waals surface area contributed by atoms with Crippen molar-refractivity contribution in [2.75, 3.05) is 17.7 Å². The molecule has 0 aliphatic carbocycles. The van der Waals surface area contributed by atoms with Crippen LogP contribution in [0.4, 0.5) is 23.3 Å². The molecule has 4 aromatic rings. The van der Waals surface area contributed by atoms with Crippen LogP contribution in [0.15, 0.2) is 66.2 Å². The Labute approximate surface area is 177 Å². The minimum atomic E-state index is -0.215. The van der Waals surface area contributed by atoms with Crippen LogP contribution in [0.25, 0.3) is 10.9 Å². The zero-order chi connectivity index (χ0) is 21.6. The fraction of sp³-hybridized carbons (Fsp3) is 0.0952. The summed E-state index contributed by atoms with van der Waals surface area (Å²) in [6.45, 7) is 0.468. The number of nitrogens with zero attached hydrogens (tertiary/aromatic N) is 5. The molecule has 1 aromatic carbocycles. The largest absolute Gasteiger partial charge is 0.363 e. The molecule has 0 saturated heterocycles. The zero-order valence-corrected chi connectivity index (χ0v) is 16.6. The second-order valence-electron chi connectivity index (χ2n) is 6.56. The van der Waals surface area contributed by atoms with Gasteiger partial charge in [-0.2, -0.15) is 0 Å². The summed E-state index contributed by atoms with van der Waals surface area (Å²) in [5.41, 5.74) is 9.77. The molecule has 0 bridgehead atoms. The van der Waals surface area contributed by atoms with Gasteiger partial charge >= 0.3 is 0 Å². The SMILES string of the molecule is CNC(=O)c1ccnc(Nc2cnc(N=N)c(NCc3ccc4ncccc4c3)n2)c1. The molecule has 0 unspecified atom stereocenters. The summed E-state index contributed by atoms with van der Waals surface area (Å²) >= 11 is 0. The van der Waals surface area contributed by atoms with Gasteiger partial charge in [0.15, 0.2) is 11.6 Å². The Morgan fingerprint density at radius 2 is 1.97 bits per heavy atom. The van der Waals surface area contributed by atoms with Crippen LogP contribution in [0.5, 0.6) is 0 Å². The molecule has 0 atom stereocenters. The van der Waals surface area contributed by atoms with Gasteiger partial charge in [-0.25, -0.2) is 20.5 Å². The first-order chi connectivity index (χ1) is 15.2. The minimum absolute atomic E-state index is 0.167. The van der Waals surface area contributed by atoms with Crippen LogP contribution in [0.2, 0.25) is 0 Å². The van der Waals surface area contributed by atoms with Gasteiger partial charge in [-0.05, 0) is 35.9 Å². The fourth-order valence-corrected chi connectivity index (χ4v) is 2.98. The van der Waals surface area contributed by atoms with E-state index in [-0.39, 0.29) is 11.7 Å². The maximum atomic E-state index is 11.8. The van der Waals surface area contributed by atoms with Gasteiger partial charge in [0.1, 0.15) is 5.82 Å². The highest BCUT2D eigenvalue weighted by atomic mass is 16.1. The maximum Gasteiger partial charge on any atom is 0.251 e. The lowest BCUT2D eigenvalue weighted by Gasteiger charge is -2.11.